The number of benzene rings is 1. The zero-order valence-corrected chi connectivity index (χ0v) is 22.1. The number of carbonyl (C=O) groups is 1. The van der Waals surface area contributed by atoms with Crippen molar-refractivity contribution in [2.24, 2.45) is 11.8 Å². The molecule has 1 amide bonds. The van der Waals surface area contributed by atoms with Gasteiger partial charge in [0.25, 0.3) is 0 Å². The van der Waals surface area contributed by atoms with Crippen molar-refractivity contribution in [2.45, 2.75) is 89.4 Å². The van der Waals surface area contributed by atoms with E-state index < -0.39 is 9.84 Å². The van der Waals surface area contributed by atoms with Crippen LogP contribution in [0, 0.1) is 18.8 Å². The molecule has 1 saturated carbocycles. The number of aryl methyl sites for hydroxylation is 1. The summed E-state index contributed by atoms with van der Waals surface area (Å²) in [7, 11) is -3.66. The van der Waals surface area contributed by atoms with Crippen molar-refractivity contribution in [3.05, 3.63) is 47.3 Å². The highest BCUT2D eigenvalue weighted by molar-refractivity contribution is 7.90. The van der Waals surface area contributed by atoms with Gasteiger partial charge in [0, 0.05) is 25.6 Å². The lowest BCUT2D eigenvalue weighted by molar-refractivity contribution is -0.137. The summed E-state index contributed by atoms with van der Waals surface area (Å²) >= 11 is 0. The minimum absolute atomic E-state index is 0.0473. The molecule has 35 heavy (non-hydrogen) atoms. The quantitative estimate of drug-likeness (QED) is 0.478. The smallest absolute Gasteiger partial charge is 0.228 e. The molecule has 1 aromatic heterocycles. The molecule has 1 aromatic carbocycles. The summed E-state index contributed by atoms with van der Waals surface area (Å²) in [6.07, 6.45) is 7.72. The second-order valence-corrected chi connectivity index (χ2v) is 12.4. The molecule has 1 aliphatic carbocycles. The molecule has 1 saturated heterocycles. The fourth-order valence-electron chi connectivity index (χ4n) is 5.26. The third-order valence-electron chi connectivity index (χ3n) is 7.15. The van der Waals surface area contributed by atoms with E-state index in [-0.39, 0.29) is 34.8 Å². The summed E-state index contributed by atoms with van der Waals surface area (Å²) in [5.41, 5.74) is 2.50. The van der Waals surface area contributed by atoms with Gasteiger partial charge in [-0.2, -0.15) is 0 Å². The Labute approximate surface area is 209 Å². The zero-order valence-electron chi connectivity index (χ0n) is 21.3. The van der Waals surface area contributed by atoms with Crippen LogP contribution in [-0.4, -0.2) is 48.0 Å². The summed E-state index contributed by atoms with van der Waals surface area (Å²) in [6, 6.07) is 7.55. The van der Waals surface area contributed by atoms with Crippen LogP contribution in [0.3, 0.4) is 0 Å². The maximum absolute atomic E-state index is 13.5. The number of amides is 1. The Kier molecular flexibility index (Phi) is 8.32. The largest absolute Gasteiger partial charge is 0.376 e. The lowest BCUT2D eigenvalue weighted by Crippen LogP contribution is -2.40. The van der Waals surface area contributed by atoms with Gasteiger partial charge >= 0.3 is 0 Å². The Balaban J connectivity index is 1.63. The molecule has 0 unspecified atom stereocenters. The minimum Gasteiger partial charge on any atom is -0.376 e. The standard InChI is InChI=1S/C27H39N3O4S/c1-20(2)16-30-24(15-28-27(30)35(32,33)19-23-12-5-4-9-21(23)3)17-29(18-25-13-8-14-34-25)26(31)22-10-6-7-11-22/h4-5,9,12,15,20,22,25H,6-8,10-11,13-14,16-19H2,1-3H3/t25-/m0/s1. The number of ether oxygens (including phenoxy) is 1. The fraction of sp³-hybridized carbons (Fsp3) is 0.630. The van der Waals surface area contributed by atoms with E-state index in [4.69, 9.17) is 4.74 Å². The third kappa shape index (κ3) is 6.33. The van der Waals surface area contributed by atoms with Gasteiger partial charge in [0.05, 0.1) is 30.3 Å². The highest BCUT2D eigenvalue weighted by atomic mass is 32.2. The molecule has 4 rings (SSSR count). The second-order valence-electron chi connectivity index (χ2n) is 10.6. The van der Waals surface area contributed by atoms with Crippen LogP contribution >= 0.6 is 0 Å². The van der Waals surface area contributed by atoms with Crippen LogP contribution in [0.15, 0.2) is 35.6 Å². The highest BCUT2D eigenvalue weighted by Gasteiger charge is 2.32. The fourth-order valence-corrected chi connectivity index (χ4v) is 6.86. The van der Waals surface area contributed by atoms with Crippen molar-refractivity contribution in [3.63, 3.8) is 0 Å². The molecule has 2 heterocycles. The first-order valence-electron chi connectivity index (χ1n) is 13.0. The number of hydrogen-bond acceptors (Lipinski definition) is 5. The van der Waals surface area contributed by atoms with E-state index in [2.05, 4.69) is 18.8 Å². The molecule has 192 valence electrons. The maximum Gasteiger partial charge on any atom is 0.228 e. The lowest BCUT2D eigenvalue weighted by Gasteiger charge is -2.28. The van der Waals surface area contributed by atoms with Crippen molar-refractivity contribution < 1.29 is 17.9 Å². The molecular formula is C27H39N3O4S. The van der Waals surface area contributed by atoms with Gasteiger partial charge in [-0.05, 0) is 49.7 Å². The summed E-state index contributed by atoms with van der Waals surface area (Å²) in [4.78, 5) is 19.8. The van der Waals surface area contributed by atoms with Gasteiger partial charge < -0.3 is 14.2 Å². The lowest BCUT2D eigenvalue weighted by atomic mass is 10.1. The van der Waals surface area contributed by atoms with E-state index in [1.807, 2.05) is 40.7 Å². The Bertz CT molecular complexity index is 1110. The summed E-state index contributed by atoms with van der Waals surface area (Å²) in [5.74, 6) is 0.365. The van der Waals surface area contributed by atoms with Crippen LogP contribution in [0.5, 0.6) is 0 Å². The van der Waals surface area contributed by atoms with Crippen molar-refractivity contribution in [1.29, 1.82) is 0 Å². The van der Waals surface area contributed by atoms with E-state index in [1.54, 1.807) is 6.20 Å². The molecule has 2 aliphatic rings. The maximum atomic E-state index is 13.5. The Morgan fingerprint density at radius 2 is 1.91 bits per heavy atom. The molecule has 0 bridgehead atoms. The van der Waals surface area contributed by atoms with Gasteiger partial charge in [-0.15, -0.1) is 0 Å². The SMILES string of the molecule is Cc1ccccc1CS(=O)(=O)c1ncc(CN(C[C@@H]2CCCO2)C(=O)C2CCCC2)n1CC(C)C. The third-order valence-corrected chi connectivity index (χ3v) is 8.72. The molecule has 1 atom stereocenters. The number of carbonyl (C=O) groups excluding carboxylic acids is 1. The molecule has 7 nitrogen and oxygen atoms in total. The van der Waals surface area contributed by atoms with E-state index in [0.29, 0.717) is 19.6 Å². The first-order chi connectivity index (χ1) is 16.7. The number of nitrogens with zero attached hydrogens (tertiary/aromatic N) is 3. The van der Waals surface area contributed by atoms with Gasteiger partial charge in [0.15, 0.2) is 0 Å². The van der Waals surface area contributed by atoms with Crippen LogP contribution < -0.4 is 0 Å². The average Bonchev–Trinajstić information content (AvgIpc) is 3.57. The molecule has 0 radical (unpaired) electrons. The van der Waals surface area contributed by atoms with Crippen LogP contribution in [0.1, 0.15) is 69.2 Å². The Morgan fingerprint density at radius 3 is 2.57 bits per heavy atom. The molecule has 0 spiro atoms. The van der Waals surface area contributed by atoms with E-state index in [0.717, 1.165) is 62.0 Å². The van der Waals surface area contributed by atoms with Gasteiger partial charge in [-0.3, -0.25) is 4.79 Å². The molecule has 2 aromatic rings. The summed E-state index contributed by atoms with van der Waals surface area (Å²) < 4.78 is 34.7. The van der Waals surface area contributed by atoms with E-state index in [1.165, 1.54) is 0 Å². The van der Waals surface area contributed by atoms with Gasteiger partial charge in [0.2, 0.25) is 20.9 Å². The normalized spacial score (nSPS) is 19.0. The number of rotatable bonds is 10. The first-order valence-corrected chi connectivity index (χ1v) is 14.6. The molecule has 2 fully saturated rings. The molecule has 1 aliphatic heterocycles. The van der Waals surface area contributed by atoms with Gasteiger partial charge in [0.1, 0.15) is 0 Å². The Morgan fingerprint density at radius 1 is 1.17 bits per heavy atom. The van der Waals surface area contributed by atoms with Crippen molar-refractivity contribution in [1.82, 2.24) is 14.5 Å². The van der Waals surface area contributed by atoms with E-state index in [9.17, 15) is 13.2 Å². The van der Waals surface area contributed by atoms with Crippen LogP contribution in [0.2, 0.25) is 0 Å². The van der Waals surface area contributed by atoms with Gasteiger partial charge in [-0.1, -0.05) is 51.0 Å². The average molecular weight is 502 g/mol. The van der Waals surface area contributed by atoms with Crippen LogP contribution in [-0.2, 0) is 38.2 Å². The molecular weight excluding hydrogens is 462 g/mol. The zero-order chi connectivity index (χ0) is 25.0. The van der Waals surface area contributed by atoms with Crippen LogP contribution in [0.4, 0.5) is 0 Å². The summed E-state index contributed by atoms with van der Waals surface area (Å²) in [5, 5.41) is 0.0924. The van der Waals surface area contributed by atoms with Crippen molar-refractivity contribution >= 4 is 15.7 Å². The number of sulfone groups is 1. The minimum atomic E-state index is -3.66. The topological polar surface area (TPSA) is 81.5 Å². The van der Waals surface area contributed by atoms with Crippen molar-refractivity contribution in [3.8, 4) is 0 Å². The predicted molar refractivity (Wildman–Crippen MR) is 135 cm³/mol. The second kappa shape index (κ2) is 11.2. The molecule has 8 heteroatoms. The predicted octanol–water partition coefficient (Wildman–Crippen LogP) is 4.52. The Hall–Kier alpha value is -2.19. The van der Waals surface area contributed by atoms with E-state index >= 15 is 0 Å². The van der Waals surface area contributed by atoms with Gasteiger partial charge in [-0.25, -0.2) is 13.4 Å². The number of imidazole rings is 1. The number of hydrogen-bond donors (Lipinski definition) is 0. The van der Waals surface area contributed by atoms with Crippen molar-refractivity contribution in [2.75, 3.05) is 13.2 Å². The highest BCUT2D eigenvalue weighted by Crippen LogP contribution is 2.29. The van der Waals surface area contributed by atoms with Crippen LogP contribution in [0.25, 0.3) is 0 Å². The first kappa shape index (κ1) is 25.9. The molecule has 0 N–H and O–H groups in total. The monoisotopic (exact) mass is 501 g/mol. The summed E-state index contributed by atoms with van der Waals surface area (Å²) in [6.45, 7) is 8.23. The number of aromatic nitrogens is 2.